The molecule has 0 saturated carbocycles. The third-order valence-electron chi connectivity index (χ3n) is 7.23. The second-order valence-electron chi connectivity index (χ2n) is 10.9. The molecule has 222 valence electrons. The molecule has 0 radical (unpaired) electrons. The molecule has 0 aliphatic heterocycles. The highest BCUT2D eigenvalue weighted by Gasteiger charge is 2.28. The molecule has 4 aromatic carbocycles. The molecular weight excluding hydrogens is 549 g/mol. The normalized spacial score (nSPS) is 12.9. The Morgan fingerprint density at radius 3 is 1.93 bits per heavy atom. The lowest BCUT2D eigenvalue weighted by Crippen LogP contribution is -2.51. The van der Waals surface area contributed by atoms with Crippen LogP contribution in [-0.2, 0) is 4.79 Å². The summed E-state index contributed by atoms with van der Waals surface area (Å²) >= 11 is 0. The summed E-state index contributed by atoms with van der Waals surface area (Å²) in [4.78, 5) is 32.0. The van der Waals surface area contributed by atoms with Gasteiger partial charge in [0.05, 0.1) is 0 Å². The lowest BCUT2D eigenvalue weighted by atomic mass is 10.0. The zero-order valence-corrected chi connectivity index (χ0v) is 26.2. The Kier molecular flexibility index (Phi) is 12.4. The van der Waals surface area contributed by atoms with E-state index in [1.54, 1.807) is 12.1 Å². The number of nitrogens with zero attached hydrogens (tertiary/aromatic N) is 1. The van der Waals surface area contributed by atoms with Crippen molar-refractivity contribution >= 4 is 41.7 Å². The van der Waals surface area contributed by atoms with Crippen LogP contribution in [0, 0.1) is 5.92 Å². The van der Waals surface area contributed by atoms with Gasteiger partial charge in [0.15, 0.2) is 5.78 Å². The number of carbonyl (C=O) groups is 2. The summed E-state index contributed by atoms with van der Waals surface area (Å²) in [6.45, 7) is 7.26. The zero-order valence-electron chi connectivity index (χ0n) is 25.3. The SMILES string of the molecule is CCCCNC[C@H](NC(=O)[C@@H](/N=C/c1ccccc1P(c1ccccc1)c1ccccc1)C(C)C)C(=O)c1ccccc1. The predicted molar refractivity (Wildman–Crippen MR) is 182 cm³/mol. The summed E-state index contributed by atoms with van der Waals surface area (Å²) < 4.78 is 0. The standard InChI is InChI=1S/C37H42N3O2P/c1-4-5-25-38-27-33(36(41)29-17-9-6-10-18-29)40-37(42)35(28(2)3)39-26-30-19-15-16-24-34(30)43(31-20-11-7-12-21-31)32-22-13-8-14-23-32/h6-24,26,28,33,35,38H,4-5,25,27H2,1-3H3,(H,40,42)/b39-26+/t33-,35-/m0/s1. The van der Waals surface area contributed by atoms with E-state index in [0.717, 1.165) is 24.9 Å². The predicted octanol–water partition coefficient (Wildman–Crippen LogP) is 5.65. The van der Waals surface area contributed by atoms with Crippen molar-refractivity contribution in [3.63, 3.8) is 0 Å². The van der Waals surface area contributed by atoms with Gasteiger partial charge in [-0.25, -0.2) is 0 Å². The Balaban J connectivity index is 1.61. The molecule has 0 heterocycles. The number of hydrogen-bond donors (Lipinski definition) is 2. The number of unbranched alkanes of at least 4 members (excludes halogenated alkanes) is 1. The first-order chi connectivity index (χ1) is 21.0. The van der Waals surface area contributed by atoms with Gasteiger partial charge in [-0.05, 0) is 42.7 Å². The molecule has 2 N–H and O–H groups in total. The summed E-state index contributed by atoms with van der Waals surface area (Å²) in [5, 5.41) is 10.1. The highest BCUT2D eigenvalue weighted by Crippen LogP contribution is 2.33. The minimum Gasteiger partial charge on any atom is -0.343 e. The van der Waals surface area contributed by atoms with Gasteiger partial charge in [-0.1, -0.05) is 142 Å². The van der Waals surface area contributed by atoms with E-state index in [2.05, 4.69) is 84.3 Å². The monoisotopic (exact) mass is 591 g/mol. The van der Waals surface area contributed by atoms with Gasteiger partial charge < -0.3 is 10.6 Å². The number of carbonyl (C=O) groups excluding carboxylic acids is 2. The van der Waals surface area contributed by atoms with Crippen LogP contribution in [0.4, 0.5) is 0 Å². The number of amides is 1. The van der Waals surface area contributed by atoms with Crippen LogP contribution < -0.4 is 26.5 Å². The summed E-state index contributed by atoms with van der Waals surface area (Å²) in [6, 6.07) is 37.2. The number of benzene rings is 4. The van der Waals surface area contributed by atoms with E-state index in [1.165, 1.54) is 15.9 Å². The van der Waals surface area contributed by atoms with Crippen LogP contribution in [0.15, 0.2) is 120 Å². The van der Waals surface area contributed by atoms with Crippen molar-refractivity contribution in [2.45, 2.75) is 45.7 Å². The summed E-state index contributed by atoms with van der Waals surface area (Å²) in [7, 11) is -0.832. The maximum absolute atomic E-state index is 13.7. The first-order valence-electron chi connectivity index (χ1n) is 15.1. The lowest BCUT2D eigenvalue weighted by molar-refractivity contribution is -0.123. The van der Waals surface area contributed by atoms with E-state index in [-0.39, 0.29) is 17.6 Å². The molecule has 4 aromatic rings. The van der Waals surface area contributed by atoms with Crippen molar-refractivity contribution in [2.24, 2.45) is 10.9 Å². The van der Waals surface area contributed by atoms with Crippen LogP contribution in [0.1, 0.15) is 49.5 Å². The molecule has 0 unspecified atom stereocenters. The van der Waals surface area contributed by atoms with Gasteiger partial charge in [-0.3, -0.25) is 14.6 Å². The summed E-state index contributed by atoms with van der Waals surface area (Å²) in [5.41, 5.74) is 1.57. The van der Waals surface area contributed by atoms with Crippen molar-refractivity contribution in [3.05, 3.63) is 126 Å². The minimum absolute atomic E-state index is 0.0614. The van der Waals surface area contributed by atoms with Crippen LogP contribution in [0.2, 0.25) is 0 Å². The van der Waals surface area contributed by atoms with Crippen molar-refractivity contribution in [3.8, 4) is 0 Å². The Morgan fingerprint density at radius 1 is 0.791 bits per heavy atom. The fraction of sp³-hybridized carbons (Fsp3) is 0.270. The maximum atomic E-state index is 13.7. The van der Waals surface area contributed by atoms with Crippen LogP contribution in [-0.4, -0.2) is 43.1 Å². The minimum atomic E-state index is -0.832. The molecule has 4 rings (SSSR count). The summed E-state index contributed by atoms with van der Waals surface area (Å²) in [6.07, 6.45) is 3.90. The van der Waals surface area contributed by atoms with Crippen molar-refractivity contribution in [2.75, 3.05) is 13.1 Å². The smallest absolute Gasteiger partial charge is 0.245 e. The van der Waals surface area contributed by atoms with Crippen molar-refractivity contribution in [1.82, 2.24) is 10.6 Å². The van der Waals surface area contributed by atoms with Crippen molar-refractivity contribution in [1.29, 1.82) is 0 Å². The average molecular weight is 592 g/mol. The van der Waals surface area contributed by atoms with E-state index in [1.807, 2.05) is 56.5 Å². The van der Waals surface area contributed by atoms with Gasteiger partial charge in [0.2, 0.25) is 5.91 Å². The lowest BCUT2D eigenvalue weighted by Gasteiger charge is -2.23. The molecule has 0 fully saturated rings. The molecule has 0 aliphatic carbocycles. The number of nitrogens with one attached hydrogen (secondary N) is 2. The Bertz CT molecular complexity index is 1420. The van der Waals surface area contributed by atoms with E-state index in [0.29, 0.717) is 12.1 Å². The largest absolute Gasteiger partial charge is 0.343 e. The fourth-order valence-corrected chi connectivity index (χ4v) is 7.32. The summed E-state index contributed by atoms with van der Waals surface area (Å²) in [5.74, 6) is -0.413. The molecule has 0 spiro atoms. The zero-order chi connectivity index (χ0) is 30.4. The molecule has 6 heteroatoms. The Morgan fingerprint density at radius 2 is 1.35 bits per heavy atom. The number of Topliss-reactive ketones (excluding diaryl/α,β-unsaturated/α-hetero) is 1. The van der Waals surface area contributed by atoms with E-state index in [4.69, 9.17) is 4.99 Å². The third kappa shape index (κ3) is 9.03. The quantitative estimate of drug-likeness (QED) is 0.0813. The molecule has 5 nitrogen and oxygen atoms in total. The Hall–Kier alpha value is -3.92. The second kappa shape index (κ2) is 16.6. The first-order valence-corrected chi connectivity index (χ1v) is 16.5. The van der Waals surface area contributed by atoms with E-state index >= 15 is 0 Å². The number of ketones is 1. The highest BCUT2D eigenvalue weighted by atomic mass is 31.1. The molecule has 0 saturated heterocycles. The van der Waals surface area contributed by atoms with E-state index in [9.17, 15) is 9.59 Å². The first kappa shape index (κ1) is 32.0. The number of rotatable bonds is 15. The molecular formula is C37H42N3O2P. The van der Waals surface area contributed by atoms with Gasteiger partial charge in [-0.15, -0.1) is 0 Å². The Labute approximate surface area is 257 Å². The molecule has 0 bridgehead atoms. The van der Waals surface area contributed by atoms with Crippen LogP contribution in [0.3, 0.4) is 0 Å². The molecule has 2 atom stereocenters. The van der Waals surface area contributed by atoms with E-state index < -0.39 is 20.0 Å². The third-order valence-corrected chi connectivity index (χ3v) is 9.75. The average Bonchev–Trinajstić information content (AvgIpc) is 3.04. The molecule has 1 amide bonds. The number of hydrogen-bond acceptors (Lipinski definition) is 4. The molecule has 0 aromatic heterocycles. The highest BCUT2D eigenvalue weighted by molar-refractivity contribution is 7.80. The molecule has 43 heavy (non-hydrogen) atoms. The van der Waals surface area contributed by atoms with Gasteiger partial charge in [0.25, 0.3) is 0 Å². The number of aliphatic imine (C=N–C) groups is 1. The van der Waals surface area contributed by atoms with Crippen molar-refractivity contribution < 1.29 is 9.59 Å². The maximum Gasteiger partial charge on any atom is 0.245 e. The second-order valence-corrected chi connectivity index (χ2v) is 13.1. The van der Waals surface area contributed by atoms with Crippen LogP contribution in [0.5, 0.6) is 0 Å². The van der Waals surface area contributed by atoms with Crippen LogP contribution >= 0.6 is 7.92 Å². The topological polar surface area (TPSA) is 70.6 Å². The van der Waals surface area contributed by atoms with Gasteiger partial charge in [0, 0.05) is 23.9 Å². The van der Waals surface area contributed by atoms with Crippen LogP contribution in [0.25, 0.3) is 0 Å². The van der Waals surface area contributed by atoms with Gasteiger partial charge in [-0.2, -0.15) is 0 Å². The fourth-order valence-electron chi connectivity index (χ4n) is 4.90. The van der Waals surface area contributed by atoms with Gasteiger partial charge >= 0.3 is 0 Å². The van der Waals surface area contributed by atoms with Gasteiger partial charge in [0.1, 0.15) is 12.1 Å². The molecule has 0 aliphatic rings.